The number of methoxy groups -OCH3 is 1. The zero-order valence-electron chi connectivity index (χ0n) is 12.9. The van der Waals surface area contributed by atoms with Crippen molar-refractivity contribution in [3.63, 3.8) is 0 Å². The van der Waals surface area contributed by atoms with Crippen molar-refractivity contribution in [1.82, 2.24) is 10.2 Å². The highest BCUT2D eigenvalue weighted by molar-refractivity contribution is 5.23. The van der Waals surface area contributed by atoms with Gasteiger partial charge in [-0.15, -0.1) is 0 Å². The van der Waals surface area contributed by atoms with E-state index in [1.54, 1.807) is 7.11 Å². The van der Waals surface area contributed by atoms with Crippen LogP contribution in [0, 0.1) is 5.92 Å². The Morgan fingerprint density at radius 1 is 1.25 bits per heavy atom. The summed E-state index contributed by atoms with van der Waals surface area (Å²) in [4.78, 5) is 2.58. The van der Waals surface area contributed by atoms with Gasteiger partial charge in [0, 0.05) is 13.7 Å². The van der Waals surface area contributed by atoms with Crippen LogP contribution >= 0.6 is 0 Å². The maximum absolute atomic E-state index is 5.20. The van der Waals surface area contributed by atoms with Crippen molar-refractivity contribution in [2.75, 3.05) is 33.3 Å². The van der Waals surface area contributed by atoms with E-state index in [1.807, 2.05) is 0 Å². The summed E-state index contributed by atoms with van der Waals surface area (Å²) in [6.45, 7) is 8.70. The molecule has 1 aliphatic heterocycles. The van der Waals surface area contributed by atoms with E-state index in [-0.39, 0.29) is 0 Å². The lowest BCUT2D eigenvalue weighted by molar-refractivity contribution is 0.174. The monoisotopic (exact) mass is 276 g/mol. The SMILES string of the molecule is CCNCC1CCN(Cc2cccc(COC)c2)CC1. The van der Waals surface area contributed by atoms with E-state index in [9.17, 15) is 0 Å². The van der Waals surface area contributed by atoms with E-state index in [0.717, 1.165) is 19.0 Å². The summed E-state index contributed by atoms with van der Waals surface area (Å²) in [5, 5.41) is 3.47. The first-order chi connectivity index (χ1) is 9.81. The van der Waals surface area contributed by atoms with Crippen LogP contribution < -0.4 is 5.32 Å². The van der Waals surface area contributed by atoms with Gasteiger partial charge in [0.05, 0.1) is 6.61 Å². The Morgan fingerprint density at radius 2 is 2.00 bits per heavy atom. The molecule has 1 saturated heterocycles. The van der Waals surface area contributed by atoms with Crippen molar-refractivity contribution in [3.8, 4) is 0 Å². The fourth-order valence-corrected chi connectivity index (χ4v) is 2.94. The molecule has 1 N–H and O–H groups in total. The van der Waals surface area contributed by atoms with Gasteiger partial charge in [0.25, 0.3) is 0 Å². The molecule has 0 aromatic heterocycles. The molecule has 1 fully saturated rings. The molecule has 112 valence electrons. The van der Waals surface area contributed by atoms with E-state index < -0.39 is 0 Å². The molecule has 0 amide bonds. The Bertz CT molecular complexity index is 386. The lowest BCUT2D eigenvalue weighted by atomic mass is 9.96. The number of hydrogen-bond donors (Lipinski definition) is 1. The Kier molecular flexibility index (Phi) is 6.51. The summed E-state index contributed by atoms with van der Waals surface area (Å²) in [7, 11) is 1.75. The molecule has 0 saturated carbocycles. The third-order valence-electron chi connectivity index (χ3n) is 4.10. The highest BCUT2D eigenvalue weighted by Gasteiger charge is 2.18. The highest BCUT2D eigenvalue weighted by atomic mass is 16.5. The van der Waals surface area contributed by atoms with Gasteiger partial charge < -0.3 is 10.1 Å². The summed E-state index contributed by atoms with van der Waals surface area (Å²) in [6.07, 6.45) is 2.65. The van der Waals surface area contributed by atoms with Gasteiger partial charge in [-0.25, -0.2) is 0 Å². The molecular formula is C17H28N2O. The van der Waals surface area contributed by atoms with Crippen molar-refractivity contribution < 1.29 is 4.74 Å². The van der Waals surface area contributed by atoms with Gasteiger partial charge in [0.2, 0.25) is 0 Å². The Morgan fingerprint density at radius 3 is 2.70 bits per heavy atom. The Hall–Kier alpha value is -0.900. The third kappa shape index (κ3) is 4.89. The molecule has 3 heteroatoms. The Balaban J connectivity index is 1.78. The molecular weight excluding hydrogens is 248 g/mol. The first-order valence-corrected chi connectivity index (χ1v) is 7.81. The second-order valence-corrected chi connectivity index (χ2v) is 5.78. The Labute approximate surface area is 123 Å². The molecule has 20 heavy (non-hydrogen) atoms. The van der Waals surface area contributed by atoms with Crippen LogP contribution in [0.3, 0.4) is 0 Å². The number of piperidine rings is 1. The van der Waals surface area contributed by atoms with Gasteiger partial charge in [0.1, 0.15) is 0 Å². The number of ether oxygens (including phenoxy) is 1. The quantitative estimate of drug-likeness (QED) is 0.828. The molecule has 0 unspecified atom stereocenters. The summed E-state index contributed by atoms with van der Waals surface area (Å²) in [5.74, 6) is 0.867. The van der Waals surface area contributed by atoms with Crippen molar-refractivity contribution >= 4 is 0 Å². The van der Waals surface area contributed by atoms with Gasteiger partial charge in [0.15, 0.2) is 0 Å². The number of likely N-dealkylation sites (tertiary alicyclic amines) is 1. The summed E-state index contributed by atoms with van der Waals surface area (Å²) in [5.41, 5.74) is 2.68. The van der Waals surface area contributed by atoms with Crippen LogP contribution in [0.5, 0.6) is 0 Å². The average Bonchev–Trinajstić information content (AvgIpc) is 2.47. The zero-order valence-corrected chi connectivity index (χ0v) is 12.9. The van der Waals surface area contributed by atoms with Gasteiger partial charge >= 0.3 is 0 Å². The number of nitrogens with zero attached hydrogens (tertiary/aromatic N) is 1. The van der Waals surface area contributed by atoms with Crippen LogP contribution in [0.25, 0.3) is 0 Å². The van der Waals surface area contributed by atoms with E-state index in [1.165, 1.54) is 43.6 Å². The van der Waals surface area contributed by atoms with Gasteiger partial charge in [-0.2, -0.15) is 0 Å². The molecule has 1 aromatic carbocycles. The lowest BCUT2D eigenvalue weighted by Gasteiger charge is -2.32. The first kappa shape index (κ1) is 15.5. The topological polar surface area (TPSA) is 24.5 Å². The van der Waals surface area contributed by atoms with Crippen LogP contribution in [0.4, 0.5) is 0 Å². The van der Waals surface area contributed by atoms with E-state index >= 15 is 0 Å². The van der Waals surface area contributed by atoms with Gasteiger partial charge in [-0.1, -0.05) is 31.2 Å². The second-order valence-electron chi connectivity index (χ2n) is 5.78. The van der Waals surface area contributed by atoms with E-state index in [4.69, 9.17) is 4.74 Å². The van der Waals surface area contributed by atoms with E-state index in [0.29, 0.717) is 6.61 Å². The summed E-state index contributed by atoms with van der Waals surface area (Å²) < 4.78 is 5.20. The minimum atomic E-state index is 0.707. The van der Waals surface area contributed by atoms with Gasteiger partial charge in [-0.3, -0.25) is 4.90 Å². The molecule has 0 bridgehead atoms. The molecule has 1 aromatic rings. The molecule has 3 nitrogen and oxygen atoms in total. The fourth-order valence-electron chi connectivity index (χ4n) is 2.94. The summed E-state index contributed by atoms with van der Waals surface area (Å²) in [6, 6.07) is 8.77. The summed E-state index contributed by atoms with van der Waals surface area (Å²) >= 11 is 0. The lowest BCUT2D eigenvalue weighted by Crippen LogP contribution is -2.36. The molecule has 0 atom stereocenters. The molecule has 1 heterocycles. The molecule has 1 aliphatic rings. The number of rotatable bonds is 7. The van der Waals surface area contributed by atoms with Gasteiger partial charge in [-0.05, 0) is 56.1 Å². The minimum Gasteiger partial charge on any atom is -0.380 e. The molecule has 0 aliphatic carbocycles. The fraction of sp³-hybridized carbons (Fsp3) is 0.647. The van der Waals surface area contributed by atoms with Crippen LogP contribution in [0.1, 0.15) is 30.9 Å². The van der Waals surface area contributed by atoms with Crippen LogP contribution in [0.2, 0.25) is 0 Å². The molecule has 2 rings (SSSR count). The second kappa shape index (κ2) is 8.40. The maximum atomic E-state index is 5.20. The predicted molar refractivity (Wildman–Crippen MR) is 83.7 cm³/mol. The smallest absolute Gasteiger partial charge is 0.0713 e. The van der Waals surface area contributed by atoms with Crippen LogP contribution in [0.15, 0.2) is 24.3 Å². The molecule has 0 radical (unpaired) electrons. The normalized spacial score (nSPS) is 17.5. The minimum absolute atomic E-state index is 0.707. The number of benzene rings is 1. The first-order valence-electron chi connectivity index (χ1n) is 7.81. The maximum Gasteiger partial charge on any atom is 0.0713 e. The van der Waals surface area contributed by atoms with Crippen molar-refractivity contribution in [2.24, 2.45) is 5.92 Å². The van der Waals surface area contributed by atoms with Crippen LogP contribution in [-0.2, 0) is 17.9 Å². The van der Waals surface area contributed by atoms with Crippen molar-refractivity contribution in [3.05, 3.63) is 35.4 Å². The number of hydrogen-bond acceptors (Lipinski definition) is 3. The standard InChI is InChI=1S/C17H28N2O/c1-3-18-12-15-7-9-19(10-8-15)13-16-5-4-6-17(11-16)14-20-2/h4-6,11,15,18H,3,7-10,12-14H2,1-2H3. The predicted octanol–water partition coefficient (Wildman–Crippen LogP) is 2.65. The van der Waals surface area contributed by atoms with Crippen LogP contribution in [-0.4, -0.2) is 38.2 Å². The highest BCUT2D eigenvalue weighted by Crippen LogP contribution is 2.19. The van der Waals surface area contributed by atoms with Crippen molar-refractivity contribution in [2.45, 2.75) is 32.9 Å². The zero-order chi connectivity index (χ0) is 14.2. The average molecular weight is 276 g/mol. The number of nitrogens with one attached hydrogen (secondary N) is 1. The van der Waals surface area contributed by atoms with Crippen molar-refractivity contribution in [1.29, 1.82) is 0 Å². The molecule has 0 spiro atoms. The third-order valence-corrected chi connectivity index (χ3v) is 4.10. The van der Waals surface area contributed by atoms with E-state index in [2.05, 4.69) is 41.4 Å². The largest absolute Gasteiger partial charge is 0.380 e.